The van der Waals surface area contributed by atoms with Gasteiger partial charge in [0.1, 0.15) is 0 Å². The van der Waals surface area contributed by atoms with E-state index in [-0.39, 0.29) is 29.8 Å². The van der Waals surface area contributed by atoms with Gasteiger partial charge in [-0.3, -0.25) is 8.98 Å². The molecular formula is C13H16O6S. The van der Waals surface area contributed by atoms with Crippen LogP contribution in [-0.4, -0.2) is 38.1 Å². The molecule has 3 rings (SSSR count). The Balaban J connectivity index is 1.69. The lowest BCUT2D eigenvalue weighted by Crippen LogP contribution is -2.36. The number of ketones is 1. The quantitative estimate of drug-likeness (QED) is 0.425. The Labute approximate surface area is 117 Å². The van der Waals surface area contributed by atoms with Crippen LogP contribution >= 0.6 is 0 Å². The fraction of sp³-hybridized carbons (Fsp3) is 0.692. The lowest BCUT2D eigenvalue weighted by atomic mass is 9.83. The minimum absolute atomic E-state index is 0.0308. The van der Waals surface area contributed by atoms with Crippen molar-refractivity contribution >= 4 is 21.9 Å². The molecule has 0 aromatic carbocycles. The van der Waals surface area contributed by atoms with Crippen molar-refractivity contribution in [3.8, 4) is 0 Å². The van der Waals surface area contributed by atoms with Gasteiger partial charge < -0.3 is 4.74 Å². The fourth-order valence-electron chi connectivity index (χ4n) is 3.74. The minimum Gasteiger partial charge on any atom is -0.454 e. The van der Waals surface area contributed by atoms with Crippen molar-refractivity contribution in [1.82, 2.24) is 0 Å². The second kappa shape index (κ2) is 4.39. The molecule has 6 nitrogen and oxygen atoms in total. The topological polar surface area (TPSA) is 86.7 Å². The number of hydrogen-bond donors (Lipinski definition) is 0. The van der Waals surface area contributed by atoms with Crippen molar-refractivity contribution in [2.75, 3.05) is 6.61 Å². The van der Waals surface area contributed by atoms with Crippen LogP contribution in [0, 0.1) is 17.8 Å². The highest BCUT2D eigenvalue weighted by Crippen LogP contribution is 2.57. The summed E-state index contributed by atoms with van der Waals surface area (Å²) in [6, 6.07) is 0. The van der Waals surface area contributed by atoms with Crippen molar-refractivity contribution in [3.63, 3.8) is 0 Å². The molecule has 2 saturated carbocycles. The Kier molecular flexibility index (Phi) is 3.02. The summed E-state index contributed by atoms with van der Waals surface area (Å²) in [5.74, 6) is -1.38. The number of Topliss-reactive ketones (excluding diaryl/α,β-unsaturated/α-hetero) is 1. The van der Waals surface area contributed by atoms with Gasteiger partial charge in [-0.15, -0.1) is 0 Å². The molecule has 3 fully saturated rings. The summed E-state index contributed by atoms with van der Waals surface area (Å²) >= 11 is 0. The molecule has 0 aromatic rings. The maximum atomic E-state index is 12.2. The molecule has 2 bridgehead atoms. The standard InChI is InChI=1S/C13H16O6S/c1-6(2)13(15)18-5-9(14)11-7-3-8-10(4-7)20(16,17)19-12(8)11/h7-8,10-12H,1,3-5H2,2H3. The Morgan fingerprint density at radius 1 is 1.35 bits per heavy atom. The van der Waals surface area contributed by atoms with E-state index in [0.29, 0.717) is 12.8 Å². The molecule has 0 spiro atoms. The van der Waals surface area contributed by atoms with E-state index in [1.807, 2.05) is 0 Å². The zero-order chi connectivity index (χ0) is 14.7. The summed E-state index contributed by atoms with van der Waals surface area (Å²) in [6.45, 7) is 4.59. The van der Waals surface area contributed by atoms with Crippen LogP contribution in [0.1, 0.15) is 19.8 Å². The van der Waals surface area contributed by atoms with E-state index in [0.717, 1.165) is 0 Å². The predicted octanol–water partition coefficient (Wildman–Crippen LogP) is 0.428. The lowest BCUT2D eigenvalue weighted by Gasteiger charge is -2.23. The molecular weight excluding hydrogens is 284 g/mol. The van der Waals surface area contributed by atoms with Gasteiger partial charge in [0.2, 0.25) is 0 Å². The molecule has 5 unspecified atom stereocenters. The molecule has 1 aliphatic heterocycles. The van der Waals surface area contributed by atoms with Crippen LogP contribution in [0.5, 0.6) is 0 Å². The van der Waals surface area contributed by atoms with E-state index in [2.05, 4.69) is 6.58 Å². The van der Waals surface area contributed by atoms with Gasteiger partial charge in [0.15, 0.2) is 12.4 Å². The predicted molar refractivity (Wildman–Crippen MR) is 68.1 cm³/mol. The third-order valence-corrected chi connectivity index (χ3v) is 6.33. The highest BCUT2D eigenvalue weighted by atomic mass is 32.2. The molecule has 0 amide bonds. The number of fused-ring (bicyclic) bond motifs is 1. The first-order chi connectivity index (χ1) is 9.31. The first kappa shape index (κ1) is 13.8. The maximum absolute atomic E-state index is 12.2. The van der Waals surface area contributed by atoms with E-state index in [9.17, 15) is 18.0 Å². The van der Waals surface area contributed by atoms with Crippen LogP contribution in [0.15, 0.2) is 12.2 Å². The first-order valence-corrected chi connectivity index (χ1v) is 8.06. The van der Waals surface area contributed by atoms with Gasteiger partial charge in [0.05, 0.1) is 17.3 Å². The Morgan fingerprint density at radius 3 is 2.70 bits per heavy atom. The number of ether oxygens (including phenoxy) is 1. The number of carbonyl (C=O) groups excluding carboxylic acids is 2. The second-order valence-corrected chi connectivity index (χ2v) is 7.62. The van der Waals surface area contributed by atoms with Gasteiger partial charge in [0.25, 0.3) is 10.1 Å². The van der Waals surface area contributed by atoms with Crippen LogP contribution < -0.4 is 0 Å². The highest BCUT2D eigenvalue weighted by molar-refractivity contribution is 7.87. The van der Waals surface area contributed by atoms with Gasteiger partial charge >= 0.3 is 5.97 Å². The fourth-order valence-corrected chi connectivity index (χ4v) is 5.63. The van der Waals surface area contributed by atoms with Gasteiger partial charge in [-0.2, -0.15) is 8.42 Å². The summed E-state index contributed by atoms with van der Waals surface area (Å²) in [6.07, 6.45) is 0.632. The summed E-state index contributed by atoms with van der Waals surface area (Å²) in [4.78, 5) is 23.5. The number of esters is 1. The van der Waals surface area contributed by atoms with E-state index in [4.69, 9.17) is 8.92 Å². The van der Waals surface area contributed by atoms with Gasteiger partial charge in [-0.1, -0.05) is 6.58 Å². The average Bonchev–Trinajstić information content (AvgIpc) is 2.96. The van der Waals surface area contributed by atoms with E-state index in [1.165, 1.54) is 6.92 Å². The van der Waals surface area contributed by atoms with Crippen LogP contribution in [-0.2, 0) is 28.6 Å². The monoisotopic (exact) mass is 300 g/mol. The van der Waals surface area contributed by atoms with E-state index < -0.39 is 33.4 Å². The highest BCUT2D eigenvalue weighted by Gasteiger charge is 2.65. The smallest absolute Gasteiger partial charge is 0.333 e. The average molecular weight is 300 g/mol. The number of carbonyl (C=O) groups is 2. The lowest BCUT2D eigenvalue weighted by molar-refractivity contribution is -0.146. The molecule has 0 N–H and O–H groups in total. The van der Waals surface area contributed by atoms with E-state index >= 15 is 0 Å². The summed E-state index contributed by atoms with van der Waals surface area (Å²) in [7, 11) is -3.52. The molecule has 5 atom stereocenters. The second-order valence-electron chi connectivity index (χ2n) is 5.84. The van der Waals surface area contributed by atoms with Crippen LogP contribution in [0.25, 0.3) is 0 Å². The molecule has 0 radical (unpaired) electrons. The molecule has 0 aromatic heterocycles. The van der Waals surface area contributed by atoms with Gasteiger partial charge in [-0.05, 0) is 25.7 Å². The van der Waals surface area contributed by atoms with Crippen LogP contribution in [0.3, 0.4) is 0 Å². The number of rotatable bonds is 4. The Bertz CT molecular complexity index is 592. The summed E-state index contributed by atoms with van der Waals surface area (Å²) in [5, 5.41) is -0.445. The van der Waals surface area contributed by atoms with Crippen molar-refractivity contribution in [2.45, 2.75) is 31.1 Å². The summed E-state index contributed by atoms with van der Waals surface area (Å²) < 4.78 is 33.5. The summed E-state index contributed by atoms with van der Waals surface area (Å²) in [5.41, 5.74) is 0.227. The molecule has 3 aliphatic rings. The number of hydrogen-bond acceptors (Lipinski definition) is 6. The van der Waals surface area contributed by atoms with Crippen molar-refractivity contribution in [1.29, 1.82) is 0 Å². The zero-order valence-corrected chi connectivity index (χ0v) is 11.9. The normalized spacial score (nSPS) is 39.8. The molecule has 110 valence electrons. The van der Waals surface area contributed by atoms with Gasteiger partial charge in [-0.25, -0.2) is 4.79 Å². The van der Waals surface area contributed by atoms with Crippen molar-refractivity contribution in [3.05, 3.63) is 12.2 Å². The maximum Gasteiger partial charge on any atom is 0.333 e. The third-order valence-electron chi connectivity index (χ3n) is 4.55. The van der Waals surface area contributed by atoms with Crippen molar-refractivity contribution < 1.29 is 26.9 Å². The molecule has 1 saturated heterocycles. The zero-order valence-electron chi connectivity index (χ0n) is 11.1. The van der Waals surface area contributed by atoms with Crippen molar-refractivity contribution in [2.24, 2.45) is 17.8 Å². The molecule has 1 heterocycles. The minimum atomic E-state index is -3.52. The van der Waals surface area contributed by atoms with E-state index in [1.54, 1.807) is 0 Å². The van der Waals surface area contributed by atoms with Crippen LogP contribution in [0.2, 0.25) is 0 Å². The SMILES string of the molecule is C=C(C)C(=O)OCC(=O)C1C2CC3C1OS(=O)(=O)C3C2. The molecule has 2 aliphatic carbocycles. The first-order valence-electron chi connectivity index (χ1n) is 6.58. The Morgan fingerprint density at radius 2 is 2.05 bits per heavy atom. The molecule has 20 heavy (non-hydrogen) atoms. The van der Waals surface area contributed by atoms with Crippen LogP contribution in [0.4, 0.5) is 0 Å². The largest absolute Gasteiger partial charge is 0.454 e. The van der Waals surface area contributed by atoms with Gasteiger partial charge in [0, 0.05) is 11.5 Å². The Hall–Kier alpha value is -1.21. The third kappa shape index (κ3) is 1.91. The molecule has 7 heteroatoms.